The third-order valence-corrected chi connectivity index (χ3v) is 2.49. The van der Waals surface area contributed by atoms with Crippen LogP contribution in [-0.2, 0) is 0 Å². The van der Waals surface area contributed by atoms with Crippen molar-refractivity contribution >= 4 is 11.6 Å². The van der Waals surface area contributed by atoms with Crippen molar-refractivity contribution in [2.24, 2.45) is 0 Å². The summed E-state index contributed by atoms with van der Waals surface area (Å²) in [4.78, 5) is 2.43. The van der Waals surface area contributed by atoms with Crippen molar-refractivity contribution in [1.29, 1.82) is 0 Å². The first-order valence-electron chi connectivity index (χ1n) is 4.60. The molecule has 0 aromatic rings. The molecule has 0 aliphatic heterocycles. The van der Waals surface area contributed by atoms with Crippen molar-refractivity contribution in [3.8, 4) is 0 Å². The average Bonchev–Trinajstić information content (AvgIpc) is 2.05. The van der Waals surface area contributed by atoms with Crippen LogP contribution < -0.4 is 0 Å². The van der Waals surface area contributed by atoms with E-state index in [1.807, 2.05) is 0 Å². The number of rotatable bonds is 6. The molecule has 0 saturated heterocycles. The van der Waals surface area contributed by atoms with Crippen molar-refractivity contribution in [3.63, 3.8) is 0 Å². The highest BCUT2D eigenvalue weighted by Crippen LogP contribution is 2.07. The summed E-state index contributed by atoms with van der Waals surface area (Å²) in [6.07, 6.45) is 2.46. The molecule has 0 spiro atoms. The van der Waals surface area contributed by atoms with Crippen LogP contribution in [0.1, 0.15) is 33.6 Å². The summed E-state index contributed by atoms with van der Waals surface area (Å²) in [5.41, 5.74) is 0. The van der Waals surface area contributed by atoms with E-state index in [9.17, 15) is 0 Å². The summed E-state index contributed by atoms with van der Waals surface area (Å²) in [5.74, 6) is 0.773. The number of hydrogen-bond acceptors (Lipinski definition) is 1. The molecular formula is C9H20ClN. The molecule has 0 radical (unpaired) electrons. The Morgan fingerprint density at radius 3 is 2.00 bits per heavy atom. The zero-order valence-electron chi connectivity index (χ0n) is 7.94. The first-order chi connectivity index (χ1) is 5.29. The van der Waals surface area contributed by atoms with Gasteiger partial charge in [-0.25, -0.2) is 0 Å². The molecule has 0 aliphatic rings. The highest BCUT2D eigenvalue weighted by molar-refractivity contribution is 6.18. The molecule has 1 nitrogen and oxygen atoms in total. The molecule has 0 N–H and O–H groups in total. The van der Waals surface area contributed by atoms with E-state index in [0.717, 1.165) is 19.0 Å². The van der Waals surface area contributed by atoms with E-state index in [1.54, 1.807) is 0 Å². The summed E-state index contributed by atoms with van der Waals surface area (Å²) >= 11 is 5.86. The van der Waals surface area contributed by atoms with Crippen LogP contribution in [0.5, 0.6) is 0 Å². The van der Waals surface area contributed by atoms with Gasteiger partial charge in [-0.1, -0.05) is 27.2 Å². The molecule has 0 amide bonds. The number of halogens is 1. The van der Waals surface area contributed by atoms with Crippen molar-refractivity contribution < 1.29 is 0 Å². The quantitative estimate of drug-likeness (QED) is 0.564. The molecule has 0 rings (SSSR count). The van der Waals surface area contributed by atoms with Crippen molar-refractivity contribution in [1.82, 2.24) is 4.90 Å². The Morgan fingerprint density at radius 1 is 1.18 bits per heavy atom. The Morgan fingerprint density at radius 2 is 1.73 bits per heavy atom. The highest BCUT2D eigenvalue weighted by Gasteiger charge is 2.12. The van der Waals surface area contributed by atoms with Crippen molar-refractivity contribution in [3.05, 3.63) is 0 Å². The van der Waals surface area contributed by atoms with E-state index >= 15 is 0 Å². The van der Waals surface area contributed by atoms with E-state index in [-0.39, 0.29) is 0 Å². The van der Waals surface area contributed by atoms with Gasteiger partial charge in [-0.05, 0) is 19.5 Å². The zero-order valence-corrected chi connectivity index (χ0v) is 8.69. The summed E-state index contributed by atoms with van der Waals surface area (Å²) < 4.78 is 0. The Bertz CT molecular complexity index is 81.6. The largest absolute Gasteiger partial charge is 0.300 e. The lowest BCUT2D eigenvalue weighted by Gasteiger charge is -2.27. The maximum Gasteiger partial charge on any atom is 0.0379 e. The minimum absolute atomic E-state index is 0.594. The first-order valence-corrected chi connectivity index (χ1v) is 5.13. The lowest BCUT2D eigenvalue weighted by molar-refractivity contribution is 0.222. The molecule has 0 saturated carbocycles. The van der Waals surface area contributed by atoms with Crippen molar-refractivity contribution in [2.45, 2.75) is 39.7 Å². The topological polar surface area (TPSA) is 3.24 Å². The van der Waals surface area contributed by atoms with E-state index < -0.39 is 0 Å². The highest BCUT2D eigenvalue weighted by atomic mass is 35.5. The number of hydrogen-bond donors (Lipinski definition) is 0. The van der Waals surface area contributed by atoms with Crippen LogP contribution in [0.3, 0.4) is 0 Å². The SMILES string of the molecule is CCCC(CCl)N(CC)CC. The molecule has 68 valence electrons. The molecule has 2 heteroatoms. The van der Waals surface area contributed by atoms with Crippen LogP contribution >= 0.6 is 11.6 Å². The molecule has 11 heavy (non-hydrogen) atoms. The minimum Gasteiger partial charge on any atom is -0.300 e. The second kappa shape index (κ2) is 6.93. The molecule has 1 unspecified atom stereocenters. The van der Waals surface area contributed by atoms with Gasteiger partial charge in [0, 0.05) is 11.9 Å². The normalized spacial score (nSPS) is 13.9. The van der Waals surface area contributed by atoms with Gasteiger partial charge in [0.2, 0.25) is 0 Å². The van der Waals surface area contributed by atoms with Gasteiger partial charge in [0.1, 0.15) is 0 Å². The Hall–Kier alpha value is 0.250. The van der Waals surface area contributed by atoms with E-state index in [1.165, 1.54) is 12.8 Å². The second-order valence-electron chi connectivity index (χ2n) is 2.82. The Labute approximate surface area is 75.7 Å². The standard InChI is InChI=1S/C9H20ClN/c1-4-7-9(8-10)11(5-2)6-3/h9H,4-8H2,1-3H3. The van der Waals surface area contributed by atoms with Gasteiger partial charge in [-0.15, -0.1) is 11.6 Å². The Kier molecular flexibility index (Phi) is 7.09. The van der Waals surface area contributed by atoms with E-state index in [2.05, 4.69) is 25.7 Å². The summed E-state index contributed by atoms with van der Waals surface area (Å²) in [7, 11) is 0. The van der Waals surface area contributed by atoms with Crippen LogP contribution in [0, 0.1) is 0 Å². The van der Waals surface area contributed by atoms with Crippen LogP contribution in [-0.4, -0.2) is 29.9 Å². The molecule has 1 atom stereocenters. The van der Waals surface area contributed by atoms with Gasteiger partial charge in [-0.2, -0.15) is 0 Å². The minimum atomic E-state index is 0.594. The fourth-order valence-electron chi connectivity index (χ4n) is 1.43. The summed E-state index contributed by atoms with van der Waals surface area (Å²) in [6, 6.07) is 0.594. The van der Waals surface area contributed by atoms with E-state index in [4.69, 9.17) is 11.6 Å². The average molecular weight is 178 g/mol. The number of alkyl halides is 1. The number of nitrogens with zero attached hydrogens (tertiary/aromatic N) is 1. The van der Waals surface area contributed by atoms with Crippen molar-refractivity contribution in [2.75, 3.05) is 19.0 Å². The van der Waals surface area contributed by atoms with Crippen LogP contribution in [0.25, 0.3) is 0 Å². The predicted molar refractivity (Wildman–Crippen MR) is 52.3 cm³/mol. The van der Waals surface area contributed by atoms with Gasteiger partial charge in [0.15, 0.2) is 0 Å². The lowest BCUT2D eigenvalue weighted by atomic mass is 10.1. The maximum atomic E-state index is 5.86. The molecule has 0 aliphatic carbocycles. The van der Waals surface area contributed by atoms with Gasteiger partial charge < -0.3 is 0 Å². The molecule has 0 heterocycles. The predicted octanol–water partition coefficient (Wildman–Crippen LogP) is 2.74. The lowest BCUT2D eigenvalue weighted by Crippen LogP contribution is -2.36. The third-order valence-electron chi connectivity index (χ3n) is 2.13. The molecular weight excluding hydrogens is 158 g/mol. The van der Waals surface area contributed by atoms with Crippen LogP contribution in [0.4, 0.5) is 0 Å². The Balaban J connectivity index is 3.76. The first kappa shape index (κ1) is 11.2. The molecule has 0 aromatic heterocycles. The van der Waals surface area contributed by atoms with Gasteiger partial charge in [0.05, 0.1) is 0 Å². The summed E-state index contributed by atoms with van der Waals surface area (Å²) in [5, 5.41) is 0. The summed E-state index contributed by atoms with van der Waals surface area (Å²) in [6.45, 7) is 8.84. The van der Waals surface area contributed by atoms with E-state index in [0.29, 0.717) is 6.04 Å². The third kappa shape index (κ3) is 3.97. The monoisotopic (exact) mass is 177 g/mol. The molecule has 0 bridgehead atoms. The van der Waals surface area contributed by atoms with Crippen LogP contribution in [0.2, 0.25) is 0 Å². The fourth-order valence-corrected chi connectivity index (χ4v) is 1.78. The smallest absolute Gasteiger partial charge is 0.0379 e. The van der Waals surface area contributed by atoms with Gasteiger partial charge in [-0.3, -0.25) is 4.90 Å². The fraction of sp³-hybridized carbons (Fsp3) is 1.00. The second-order valence-corrected chi connectivity index (χ2v) is 3.13. The zero-order chi connectivity index (χ0) is 8.69. The van der Waals surface area contributed by atoms with Gasteiger partial charge in [0.25, 0.3) is 0 Å². The molecule has 0 aromatic carbocycles. The molecule has 0 fully saturated rings. The van der Waals surface area contributed by atoms with Gasteiger partial charge >= 0.3 is 0 Å². The maximum absolute atomic E-state index is 5.86. The van der Waals surface area contributed by atoms with Crippen LogP contribution in [0.15, 0.2) is 0 Å².